The smallest absolute Gasteiger partial charge is 0.356 e. The lowest BCUT2D eigenvalue weighted by Gasteiger charge is -2.22. The quantitative estimate of drug-likeness (QED) is 0.899. The summed E-state index contributed by atoms with van der Waals surface area (Å²) in [5.41, 5.74) is 0.706. The molecule has 3 heterocycles. The van der Waals surface area contributed by atoms with E-state index in [1.165, 1.54) is 0 Å². The summed E-state index contributed by atoms with van der Waals surface area (Å²) in [7, 11) is 0. The van der Waals surface area contributed by atoms with Gasteiger partial charge in [0.05, 0.1) is 11.6 Å². The van der Waals surface area contributed by atoms with Crippen LogP contribution in [0.1, 0.15) is 33.3 Å². The van der Waals surface area contributed by atoms with Gasteiger partial charge in [-0.3, -0.25) is 4.79 Å². The molecule has 1 aliphatic rings. The highest BCUT2D eigenvalue weighted by Crippen LogP contribution is 2.27. The first kappa shape index (κ1) is 13.8. The van der Waals surface area contributed by atoms with Gasteiger partial charge in [0.1, 0.15) is 5.82 Å². The summed E-state index contributed by atoms with van der Waals surface area (Å²) in [6.07, 6.45) is 1.43. The second kappa shape index (κ2) is 5.33. The highest BCUT2D eigenvalue weighted by molar-refractivity contribution is 7.09. The van der Waals surface area contributed by atoms with Crippen LogP contribution in [0.4, 0.5) is 0 Å². The molecule has 0 amide bonds. The van der Waals surface area contributed by atoms with E-state index in [-0.39, 0.29) is 5.69 Å². The molecule has 0 radical (unpaired) electrons. The van der Waals surface area contributed by atoms with Crippen LogP contribution in [0.15, 0.2) is 17.5 Å². The van der Waals surface area contributed by atoms with Gasteiger partial charge < -0.3 is 14.8 Å². The Morgan fingerprint density at radius 3 is 2.86 bits per heavy atom. The molecule has 1 atom stereocenters. The fraction of sp³-hybridized carbons (Fsp3) is 0.357. The average Bonchev–Trinajstić information content (AvgIpc) is 3.07. The molecule has 0 bridgehead atoms. The number of rotatable bonds is 4. The third-order valence-electron chi connectivity index (χ3n) is 3.75. The highest BCUT2D eigenvalue weighted by atomic mass is 32.1. The van der Waals surface area contributed by atoms with Gasteiger partial charge in [0.2, 0.25) is 0 Å². The lowest BCUT2D eigenvalue weighted by atomic mass is 9.97. The second-order valence-electron chi connectivity index (χ2n) is 5.07. The summed E-state index contributed by atoms with van der Waals surface area (Å²) in [4.78, 5) is 27.8. The van der Waals surface area contributed by atoms with Crippen LogP contribution in [-0.2, 0) is 24.2 Å². The number of carboxylic acid groups (broad SMARTS) is 2. The molecule has 1 unspecified atom stereocenters. The molecular formula is C14H14N2O4S. The molecule has 0 fully saturated rings. The van der Waals surface area contributed by atoms with Crippen LogP contribution in [-0.4, -0.2) is 31.7 Å². The number of aliphatic carboxylic acids is 1. The Hall–Kier alpha value is -2.15. The van der Waals surface area contributed by atoms with E-state index in [4.69, 9.17) is 0 Å². The van der Waals surface area contributed by atoms with E-state index in [2.05, 4.69) is 4.98 Å². The largest absolute Gasteiger partial charge is 0.481 e. The van der Waals surface area contributed by atoms with E-state index in [1.807, 2.05) is 17.5 Å². The summed E-state index contributed by atoms with van der Waals surface area (Å²) in [6.45, 7) is 0.297. The molecule has 110 valence electrons. The molecule has 6 nitrogen and oxygen atoms in total. The van der Waals surface area contributed by atoms with Gasteiger partial charge in [-0.2, -0.15) is 0 Å². The summed E-state index contributed by atoms with van der Waals surface area (Å²) in [5, 5.41) is 20.4. The van der Waals surface area contributed by atoms with E-state index in [0.717, 1.165) is 4.88 Å². The molecule has 21 heavy (non-hydrogen) atoms. The van der Waals surface area contributed by atoms with Gasteiger partial charge in [0.15, 0.2) is 5.69 Å². The van der Waals surface area contributed by atoms with Gasteiger partial charge >= 0.3 is 11.9 Å². The minimum atomic E-state index is -1.05. The topological polar surface area (TPSA) is 92.4 Å². The molecule has 3 rings (SSSR count). The zero-order chi connectivity index (χ0) is 15.0. The Labute approximate surface area is 124 Å². The van der Waals surface area contributed by atoms with Crippen molar-refractivity contribution in [2.75, 3.05) is 0 Å². The Morgan fingerprint density at radius 1 is 1.43 bits per heavy atom. The van der Waals surface area contributed by atoms with Crippen LogP contribution in [0.25, 0.3) is 0 Å². The standard InChI is InChI=1S/C14H14N2O4S/c17-13(18)8-3-4-10-12(14(19)20)15-11(16(10)7-8)6-9-2-1-5-21-9/h1-2,5,8H,3-4,6-7H2,(H,17,18)(H,19,20). The first-order valence-corrected chi connectivity index (χ1v) is 7.51. The zero-order valence-electron chi connectivity index (χ0n) is 11.2. The number of thiophene rings is 1. The van der Waals surface area contributed by atoms with E-state index < -0.39 is 17.9 Å². The maximum atomic E-state index is 11.3. The maximum Gasteiger partial charge on any atom is 0.356 e. The summed E-state index contributed by atoms with van der Waals surface area (Å²) in [6, 6.07) is 3.89. The SMILES string of the molecule is O=C(O)c1nc(Cc2cccs2)n2c1CCC(C(=O)O)C2. The molecule has 0 spiro atoms. The average molecular weight is 306 g/mol. The number of aromatic carboxylic acids is 1. The molecule has 0 aromatic carbocycles. The van der Waals surface area contributed by atoms with Crippen molar-refractivity contribution < 1.29 is 19.8 Å². The van der Waals surface area contributed by atoms with Crippen LogP contribution in [0, 0.1) is 5.92 Å². The summed E-state index contributed by atoms with van der Waals surface area (Å²) >= 11 is 1.58. The predicted molar refractivity (Wildman–Crippen MR) is 75.8 cm³/mol. The number of nitrogens with zero attached hydrogens (tertiary/aromatic N) is 2. The fourth-order valence-electron chi connectivity index (χ4n) is 2.71. The van der Waals surface area contributed by atoms with Crippen LogP contribution in [0.3, 0.4) is 0 Å². The second-order valence-corrected chi connectivity index (χ2v) is 6.10. The number of carboxylic acids is 2. The minimum absolute atomic E-state index is 0.0606. The van der Waals surface area contributed by atoms with Crippen LogP contribution >= 0.6 is 11.3 Å². The van der Waals surface area contributed by atoms with Gasteiger partial charge in [-0.15, -0.1) is 11.3 Å². The summed E-state index contributed by atoms with van der Waals surface area (Å²) < 4.78 is 1.78. The Kier molecular flexibility index (Phi) is 3.50. The van der Waals surface area contributed by atoms with Gasteiger partial charge in [-0.25, -0.2) is 9.78 Å². The van der Waals surface area contributed by atoms with Crippen molar-refractivity contribution in [3.8, 4) is 0 Å². The Morgan fingerprint density at radius 2 is 2.24 bits per heavy atom. The number of aromatic nitrogens is 2. The molecule has 0 saturated carbocycles. The third-order valence-corrected chi connectivity index (χ3v) is 4.62. The highest BCUT2D eigenvalue weighted by Gasteiger charge is 2.30. The van der Waals surface area contributed by atoms with Crippen LogP contribution in [0.5, 0.6) is 0 Å². The number of imidazole rings is 1. The minimum Gasteiger partial charge on any atom is -0.481 e. The van der Waals surface area contributed by atoms with E-state index in [1.54, 1.807) is 15.9 Å². The number of carbonyl (C=O) groups is 2. The van der Waals surface area contributed by atoms with Gasteiger partial charge in [0.25, 0.3) is 0 Å². The molecule has 1 aliphatic heterocycles. The molecular weight excluding hydrogens is 292 g/mol. The number of hydrogen-bond acceptors (Lipinski definition) is 4. The summed E-state index contributed by atoms with van der Waals surface area (Å²) in [5.74, 6) is -1.73. The monoisotopic (exact) mass is 306 g/mol. The molecule has 0 aliphatic carbocycles. The van der Waals surface area contributed by atoms with E-state index >= 15 is 0 Å². The van der Waals surface area contributed by atoms with Crippen molar-refractivity contribution in [3.63, 3.8) is 0 Å². The third kappa shape index (κ3) is 2.56. The normalized spacial score (nSPS) is 17.4. The lowest BCUT2D eigenvalue weighted by molar-refractivity contribution is -0.142. The van der Waals surface area contributed by atoms with E-state index in [9.17, 15) is 19.8 Å². The van der Waals surface area contributed by atoms with Crippen molar-refractivity contribution in [2.45, 2.75) is 25.8 Å². The van der Waals surface area contributed by atoms with Crippen molar-refractivity contribution in [3.05, 3.63) is 39.6 Å². The lowest BCUT2D eigenvalue weighted by Crippen LogP contribution is -2.28. The van der Waals surface area contributed by atoms with Crippen LogP contribution in [0.2, 0.25) is 0 Å². The van der Waals surface area contributed by atoms with E-state index in [0.29, 0.717) is 37.3 Å². The Balaban J connectivity index is 2.00. The molecule has 2 N–H and O–H groups in total. The van der Waals surface area contributed by atoms with Crippen molar-refractivity contribution in [2.24, 2.45) is 5.92 Å². The van der Waals surface area contributed by atoms with Crippen molar-refractivity contribution >= 4 is 23.3 Å². The number of fused-ring (bicyclic) bond motifs is 1. The maximum absolute atomic E-state index is 11.3. The van der Waals surface area contributed by atoms with Crippen LogP contribution < -0.4 is 0 Å². The fourth-order valence-corrected chi connectivity index (χ4v) is 3.41. The first-order chi connectivity index (χ1) is 10.1. The Bertz CT molecular complexity index is 690. The molecule has 2 aromatic rings. The number of hydrogen-bond donors (Lipinski definition) is 2. The molecule has 7 heteroatoms. The first-order valence-electron chi connectivity index (χ1n) is 6.63. The zero-order valence-corrected chi connectivity index (χ0v) is 12.0. The predicted octanol–water partition coefficient (Wildman–Crippen LogP) is 1.88. The van der Waals surface area contributed by atoms with Crippen molar-refractivity contribution in [1.29, 1.82) is 0 Å². The molecule has 2 aromatic heterocycles. The van der Waals surface area contributed by atoms with Crippen molar-refractivity contribution in [1.82, 2.24) is 9.55 Å². The van der Waals surface area contributed by atoms with Gasteiger partial charge in [0, 0.05) is 17.8 Å². The molecule has 0 saturated heterocycles. The van der Waals surface area contributed by atoms with Gasteiger partial charge in [-0.05, 0) is 24.3 Å². The van der Waals surface area contributed by atoms with Gasteiger partial charge in [-0.1, -0.05) is 6.07 Å².